The first-order chi connectivity index (χ1) is 16.5. The molecule has 0 spiro atoms. The van der Waals surface area contributed by atoms with Gasteiger partial charge in [0.05, 0.1) is 21.8 Å². The lowest BCUT2D eigenvalue weighted by molar-refractivity contribution is -0.140. The highest BCUT2D eigenvalue weighted by Gasteiger charge is 2.33. The van der Waals surface area contributed by atoms with Crippen molar-refractivity contribution in [1.82, 2.24) is 4.57 Å². The molecule has 5 nitrogen and oxygen atoms in total. The Morgan fingerprint density at radius 3 is 2.59 bits per heavy atom. The van der Waals surface area contributed by atoms with Crippen LogP contribution in [0.25, 0.3) is 6.08 Å². The molecule has 8 heteroatoms. The number of hydrogen-bond acceptors (Lipinski definition) is 6. The van der Waals surface area contributed by atoms with Crippen molar-refractivity contribution in [2.45, 2.75) is 19.6 Å². The van der Waals surface area contributed by atoms with E-state index in [1.165, 1.54) is 39.4 Å². The molecule has 1 atom stereocenters. The molecule has 1 aliphatic rings. The molecule has 3 heterocycles. The lowest BCUT2D eigenvalue weighted by Crippen LogP contribution is -2.39. The van der Waals surface area contributed by atoms with E-state index in [2.05, 4.69) is 4.99 Å². The van der Waals surface area contributed by atoms with E-state index in [0.29, 0.717) is 20.6 Å². The fourth-order valence-corrected chi connectivity index (χ4v) is 5.62. The SMILES string of the molecule is CC1=C(C(=O)OCc2ccccc2)C(c2ccc(F)cc2)n2c(s/c(=C\c3cccs3)c2=O)=N1. The molecule has 2 aromatic carbocycles. The molecule has 0 N–H and O–H groups in total. The summed E-state index contributed by atoms with van der Waals surface area (Å²) in [4.78, 5) is 32.8. The van der Waals surface area contributed by atoms with Gasteiger partial charge in [0, 0.05) is 4.88 Å². The van der Waals surface area contributed by atoms with Crippen LogP contribution in [-0.2, 0) is 16.1 Å². The smallest absolute Gasteiger partial charge is 0.338 e. The number of carbonyl (C=O) groups is 1. The number of rotatable bonds is 5. The zero-order valence-electron chi connectivity index (χ0n) is 18.1. The molecule has 34 heavy (non-hydrogen) atoms. The van der Waals surface area contributed by atoms with Crippen LogP contribution in [0.2, 0.25) is 0 Å². The Bertz CT molecular complexity index is 1550. The maximum absolute atomic E-state index is 13.7. The van der Waals surface area contributed by atoms with Gasteiger partial charge < -0.3 is 4.74 Å². The van der Waals surface area contributed by atoms with Crippen molar-refractivity contribution in [2.24, 2.45) is 4.99 Å². The summed E-state index contributed by atoms with van der Waals surface area (Å²) in [5.74, 6) is -0.963. The number of halogens is 1. The van der Waals surface area contributed by atoms with E-state index in [1.54, 1.807) is 19.1 Å². The lowest BCUT2D eigenvalue weighted by atomic mass is 9.96. The summed E-state index contributed by atoms with van der Waals surface area (Å²) in [6.45, 7) is 1.82. The van der Waals surface area contributed by atoms with Gasteiger partial charge in [-0.1, -0.05) is 59.9 Å². The number of allylic oxidation sites excluding steroid dienone is 1. The number of aromatic nitrogens is 1. The van der Waals surface area contributed by atoms with Gasteiger partial charge in [0.2, 0.25) is 0 Å². The van der Waals surface area contributed by atoms with Gasteiger partial charge in [-0.2, -0.15) is 0 Å². The number of benzene rings is 2. The average Bonchev–Trinajstić information content (AvgIpc) is 3.46. The van der Waals surface area contributed by atoms with Crippen LogP contribution >= 0.6 is 22.7 Å². The average molecular weight is 491 g/mol. The zero-order valence-corrected chi connectivity index (χ0v) is 19.7. The van der Waals surface area contributed by atoms with Gasteiger partial charge in [0.15, 0.2) is 4.80 Å². The second-order valence-electron chi connectivity index (χ2n) is 7.71. The van der Waals surface area contributed by atoms with E-state index in [4.69, 9.17) is 4.74 Å². The number of esters is 1. The molecule has 0 radical (unpaired) electrons. The van der Waals surface area contributed by atoms with Gasteiger partial charge >= 0.3 is 5.97 Å². The number of hydrogen-bond donors (Lipinski definition) is 0. The van der Waals surface area contributed by atoms with Crippen LogP contribution in [0.4, 0.5) is 4.39 Å². The number of thiazole rings is 1. The number of ether oxygens (including phenoxy) is 1. The first-order valence-corrected chi connectivity index (χ1v) is 12.2. The van der Waals surface area contributed by atoms with Crippen LogP contribution < -0.4 is 14.9 Å². The predicted molar refractivity (Wildman–Crippen MR) is 131 cm³/mol. The van der Waals surface area contributed by atoms with Gasteiger partial charge in [-0.25, -0.2) is 14.2 Å². The standard InChI is InChI=1S/C26H19FN2O3S2/c1-16-22(25(31)32-15-17-6-3-2-4-7-17)23(18-9-11-19(27)12-10-18)29-24(30)21(34-26(29)28-16)14-20-8-5-13-33-20/h2-14,23H,15H2,1H3/b21-14-. The molecule has 0 saturated heterocycles. The number of fused-ring (bicyclic) bond motifs is 1. The van der Waals surface area contributed by atoms with Gasteiger partial charge in [0.25, 0.3) is 5.56 Å². The topological polar surface area (TPSA) is 60.7 Å². The molecule has 0 saturated carbocycles. The van der Waals surface area contributed by atoms with Gasteiger partial charge in [-0.05, 0) is 47.7 Å². The molecule has 0 fully saturated rings. The van der Waals surface area contributed by atoms with Crippen molar-refractivity contribution >= 4 is 34.7 Å². The third kappa shape index (κ3) is 4.30. The Kier molecular flexibility index (Phi) is 6.08. The maximum atomic E-state index is 13.7. The predicted octanol–water partition coefficient (Wildman–Crippen LogP) is 4.18. The second kappa shape index (κ2) is 9.32. The molecular weight excluding hydrogens is 471 g/mol. The molecule has 2 aromatic heterocycles. The fraction of sp³-hybridized carbons (Fsp3) is 0.115. The lowest BCUT2D eigenvalue weighted by Gasteiger charge is -2.24. The summed E-state index contributed by atoms with van der Waals surface area (Å²) in [6.07, 6.45) is 1.82. The summed E-state index contributed by atoms with van der Waals surface area (Å²) < 4.78 is 21.3. The van der Waals surface area contributed by atoms with Crippen molar-refractivity contribution in [3.63, 3.8) is 0 Å². The first kappa shape index (κ1) is 22.2. The van der Waals surface area contributed by atoms with Gasteiger partial charge in [-0.3, -0.25) is 9.36 Å². The van der Waals surface area contributed by atoms with Crippen molar-refractivity contribution < 1.29 is 13.9 Å². The summed E-state index contributed by atoms with van der Waals surface area (Å²) in [7, 11) is 0. The van der Waals surface area contributed by atoms with Crippen molar-refractivity contribution in [3.8, 4) is 0 Å². The summed E-state index contributed by atoms with van der Waals surface area (Å²) >= 11 is 2.79. The summed E-state index contributed by atoms with van der Waals surface area (Å²) in [5, 5.41) is 1.94. The largest absolute Gasteiger partial charge is 0.457 e. The van der Waals surface area contributed by atoms with E-state index in [1.807, 2.05) is 53.9 Å². The molecule has 4 aromatic rings. The summed E-state index contributed by atoms with van der Waals surface area (Å²) in [5.41, 5.74) is 1.92. The quantitative estimate of drug-likeness (QED) is 0.395. The van der Waals surface area contributed by atoms with E-state index in [-0.39, 0.29) is 17.7 Å². The molecule has 0 aliphatic carbocycles. The van der Waals surface area contributed by atoms with Crippen molar-refractivity contribution in [2.75, 3.05) is 0 Å². The summed E-state index contributed by atoms with van der Waals surface area (Å²) in [6, 6.07) is 18.2. The normalized spacial score (nSPS) is 15.7. The number of carbonyl (C=O) groups excluding carboxylic acids is 1. The molecule has 0 amide bonds. The molecule has 1 aliphatic heterocycles. The Labute approximate surface area is 202 Å². The third-order valence-corrected chi connectivity index (χ3v) is 7.26. The van der Waals surface area contributed by atoms with Gasteiger partial charge in [0.1, 0.15) is 12.4 Å². The minimum atomic E-state index is -0.773. The maximum Gasteiger partial charge on any atom is 0.338 e. The van der Waals surface area contributed by atoms with E-state index < -0.39 is 17.8 Å². The van der Waals surface area contributed by atoms with Crippen LogP contribution in [0.15, 0.2) is 93.2 Å². The zero-order chi connectivity index (χ0) is 23.7. The first-order valence-electron chi connectivity index (χ1n) is 10.5. The fourth-order valence-electron chi connectivity index (χ4n) is 3.85. The molecule has 170 valence electrons. The number of thiophene rings is 1. The minimum Gasteiger partial charge on any atom is -0.457 e. The van der Waals surface area contributed by atoms with Crippen LogP contribution in [0.5, 0.6) is 0 Å². The van der Waals surface area contributed by atoms with Crippen LogP contribution in [0, 0.1) is 5.82 Å². The Balaban J connectivity index is 1.61. The Morgan fingerprint density at radius 2 is 1.88 bits per heavy atom. The molecule has 1 unspecified atom stereocenters. The van der Waals surface area contributed by atoms with E-state index in [0.717, 1.165) is 10.4 Å². The molecule has 0 bridgehead atoms. The highest BCUT2D eigenvalue weighted by atomic mass is 32.1. The Morgan fingerprint density at radius 1 is 1.12 bits per heavy atom. The third-order valence-electron chi connectivity index (χ3n) is 5.46. The van der Waals surface area contributed by atoms with Crippen LogP contribution in [0.3, 0.4) is 0 Å². The highest BCUT2D eigenvalue weighted by molar-refractivity contribution is 7.11. The second-order valence-corrected chi connectivity index (χ2v) is 9.70. The molecular formula is C26H19FN2O3S2. The minimum absolute atomic E-state index is 0.0926. The molecule has 5 rings (SSSR count). The van der Waals surface area contributed by atoms with Gasteiger partial charge in [-0.15, -0.1) is 11.3 Å². The van der Waals surface area contributed by atoms with Crippen molar-refractivity contribution in [1.29, 1.82) is 0 Å². The van der Waals surface area contributed by atoms with Crippen molar-refractivity contribution in [3.05, 3.63) is 125 Å². The van der Waals surface area contributed by atoms with Crippen LogP contribution in [-0.4, -0.2) is 10.5 Å². The Hall–Kier alpha value is -3.62. The monoisotopic (exact) mass is 490 g/mol. The van der Waals surface area contributed by atoms with Crippen LogP contribution in [0.1, 0.15) is 29.0 Å². The van der Waals surface area contributed by atoms with E-state index >= 15 is 0 Å². The highest BCUT2D eigenvalue weighted by Crippen LogP contribution is 2.31. The van der Waals surface area contributed by atoms with E-state index in [9.17, 15) is 14.0 Å². The number of nitrogens with zero attached hydrogens (tertiary/aromatic N) is 2.